The zero-order chi connectivity index (χ0) is 14.0. The molecule has 0 fully saturated rings. The van der Waals surface area contributed by atoms with Gasteiger partial charge >= 0.3 is 5.97 Å². The Kier molecular flexibility index (Phi) is 3.50. The van der Waals surface area contributed by atoms with Gasteiger partial charge in [-0.25, -0.2) is 9.78 Å². The van der Waals surface area contributed by atoms with E-state index in [1.807, 2.05) is 26.2 Å². The van der Waals surface area contributed by atoms with E-state index in [0.29, 0.717) is 17.9 Å². The average Bonchev–Trinajstić information content (AvgIpc) is 2.71. The number of aryl methyl sites for hydroxylation is 3. The van der Waals surface area contributed by atoms with Crippen molar-refractivity contribution in [2.75, 3.05) is 5.32 Å². The zero-order valence-corrected chi connectivity index (χ0v) is 11.1. The average molecular weight is 260 g/mol. The maximum Gasteiger partial charge on any atom is 0.339 e. The van der Waals surface area contributed by atoms with E-state index >= 15 is 0 Å². The van der Waals surface area contributed by atoms with Crippen molar-refractivity contribution >= 4 is 11.8 Å². The molecule has 2 heterocycles. The summed E-state index contributed by atoms with van der Waals surface area (Å²) in [6.45, 7) is 4.05. The maximum absolute atomic E-state index is 11.3. The monoisotopic (exact) mass is 260 g/mol. The Morgan fingerprint density at radius 3 is 2.79 bits per heavy atom. The first-order valence-electron chi connectivity index (χ1n) is 5.91. The summed E-state index contributed by atoms with van der Waals surface area (Å²) in [5, 5.41) is 16.5. The van der Waals surface area contributed by atoms with Crippen LogP contribution in [0.4, 0.5) is 5.82 Å². The quantitative estimate of drug-likeness (QED) is 0.875. The lowest BCUT2D eigenvalue weighted by atomic mass is 10.1. The molecule has 0 aliphatic rings. The standard InChI is InChI=1S/C13H16N4O2/c1-8-6-9(2)15-12(11(8)13(18)19)14-7-10-4-5-17(3)16-10/h4-6H,7H2,1-3H3,(H,14,15)(H,18,19). The van der Waals surface area contributed by atoms with Crippen molar-refractivity contribution in [3.05, 3.63) is 40.8 Å². The van der Waals surface area contributed by atoms with Crippen LogP contribution in [0.2, 0.25) is 0 Å². The minimum atomic E-state index is -0.978. The second-order valence-electron chi connectivity index (χ2n) is 4.44. The number of hydrogen-bond acceptors (Lipinski definition) is 4. The third kappa shape index (κ3) is 2.90. The van der Waals surface area contributed by atoms with E-state index in [2.05, 4.69) is 15.4 Å². The molecule has 2 aromatic rings. The van der Waals surface area contributed by atoms with Gasteiger partial charge in [-0.3, -0.25) is 4.68 Å². The molecule has 0 atom stereocenters. The summed E-state index contributed by atoms with van der Waals surface area (Å²) in [4.78, 5) is 15.5. The predicted octanol–water partition coefficient (Wildman–Crippen LogP) is 1.74. The van der Waals surface area contributed by atoms with Crippen molar-refractivity contribution in [2.45, 2.75) is 20.4 Å². The number of carbonyl (C=O) groups is 1. The lowest BCUT2D eigenvalue weighted by Crippen LogP contribution is -2.11. The summed E-state index contributed by atoms with van der Waals surface area (Å²) in [5.74, 6) is -0.593. The van der Waals surface area contributed by atoms with Gasteiger partial charge in [0.05, 0.1) is 12.2 Å². The largest absolute Gasteiger partial charge is 0.478 e. The number of pyridine rings is 1. The van der Waals surface area contributed by atoms with Crippen LogP contribution in [0.3, 0.4) is 0 Å². The van der Waals surface area contributed by atoms with Crippen molar-refractivity contribution in [1.29, 1.82) is 0 Å². The molecule has 100 valence electrons. The van der Waals surface area contributed by atoms with Crippen LogP contribution in [0.25, 0.3) is 0 Å². The molecule has 0 aliphatic carbocycles. The summed E-state index contributed by atoms with van der Waals surface area (Å²) in [6, 6.07) is 3.63. The highest BCUT2D eigenvalue weighted by molar-refractivity contribution is 5.94. The van der Waals surface area contributed by atoms with Crippen molar-refractivity contribution in [1.82, 2.24) is 14.8 Å². The Bertz CT molecular complexity index is 619. The number of aromatic nitrogens is 3. The normalized spacial score (nSPS) is 10.5. The highest BCUT2D eigenvalue weighted by atomic mass is 16.4. The van der Waals surface area contributed by atoms with Gasteiger partial charge in [-0.15, -0.1) is 0 Å². The molecule has 0 radical (unpaired) electrons. The molecule has 0 saturated carbocycles. The van der Waals surface area contributed by atoms with Crippen LogP contribution in [0, 0.1) is 13.8 Å². The highest BCUT2D eigenvalue weighted by Gasteiger charge is 2.15. The molecule has 6 nitrogen and oxygen atoms in total. The Morgan fingerprint density at radius 1 is 1.47 bits per heavy atom. The molecule has 19 heavy (non-hydrogen) atoms. The van der Waals surface area contributed by atoms with E-state index in [-0.39, 0.29) is 5.56 Å². The van der Waals surface area contributed by atoms with E-state index < -0.39 is 5.97 Å². The highest BCUT2D eigenvalue weighted by Crippen LogP contribution is 2.19. The molecule has 0 amide bonds. The molecule has 2 aromatic heterocycles. The second-order valence-corrected chi connectivity index (χ2v) is 4.44. The van der Waals surface area contributed by atoms with Gasteiger partial charge < -0.3 is 10.4 Å². The van der Waals surface area contributed by atoms with Gasteiger partial charge in [0.2, 0.25) is 0 Å². The number of aromatic carboxylic acids is 1. The topological polar surface area (TPSA) is 80.0 Å². The fourth-order valence-electron chi connectivity index (χ4n) is 1.97. The second kappa shape index (κ2) is 5.09. The maximum atomic E-state index is 11.3. The summed E-state index contributed by atoms with van der Waals surface area (Å²) in [7, 11) is 1.83. The Morgan fingerprint density at radius 2 is 2.21 bits per heavy atom. The summed E-state index contributed by atoms with van der Waals surface area (Å²) in [5.41, 5.74) is 2.52. The first kappa shape index (κ1) is 13.1. The minimum Gasteiger partial charge on any atom is -0.478 e. The van der Waals surface area contributed by atoms with E-state index in [1.54, 1.807) is 17.7 Å². The van der Waals surface area contributed by atoms with Crippen LogP contribution in [-0.2, 0) is 13.6 Å². The van der Waals surface area contributed by atoms with Gasteiger partial charge in [-0.05, 0) is 31.5 Å². The summed E-state index contributed by atoms with van der Waals surface area (Å²) in [6.07, 6.45) is 1.84. The van der Waals surface area contributed by atoms with Crippen LogP contribution in [0.15, 0.2) is 18.3 Å². The van der Waals surface area contributed by atoms with Crippen LogP contribution >= 0.6 is 0 Å². The van der Waals surface area contributed by atoms with Crippen molar-refractivity contribution in [3.63, 3.8) is 0 Å². The molecule has 2 N–H and O–H groups in total. The molecular weight excluding hydrogens is 244 g/mol. The Labute approximate surface area is 111 Å². The first-order valence-corrected chi connectivity index (χ1v) is 5.91. The van der Waals surface area contributed by atoms with Gasteiger partial charge in [0.1, 0.15) is 11.4 Å². The zero-order valence-electron chi connectivity index (χ0n) is 11.1. The molecule has 2 rings (SSSR count). The summed E-state index contributed by atoms with van der Waals surface area (Å²) < 4.78 is 1.70. The predicted molar refractivity (Wildman–Crippen MR) is 71.2 cm³/mol. The Balaban J connectivity index is 2.26. The molecule has 0 unspecified atom stereocenters. The SMILES string of the molecule is Cc1cc(C)c(C(=O)O)c(NCc2ccn(C)n2)n1. The van der Waals surface area contributed by atoms with E-state index in [4.69, 9.17) is 0 Å². The van der Waals surface area contributed by atoms with E-state index in [0.717, 1.165) is 11.4 Å². The third-order valence-corrected chi connectivity index (χ3v) is 2.76. The van der Waals surface area contributed by atoms with Gasteiger partial charge in [0.25, 0.3) is 0 Å². The lowest BCUT2D eigenvalue weighted by Gasteiger charge is -2.11. The molecular formula is C13H16N4O2. The summed E-state index contributed by atoms with van der Waals surface area (Å²) >= 11 is 0. The fourth-order valence-corrected chi connectivity index (χ4v) is 1.97. The molecule has 0 aromatic carbocycles. The van der Waals surface area contributed by atoms with Crippen LogP contribution in [-0.4, -0.2) is 25.8 Å². The van der Waals surface area contributed by atoms with Crippen molar-refractivity contribution in [3.8, 4) is 0 Å². The lowest BCUT2D eigenvalue weighted by molar-refractivity contribution is 0.0697. The van der Waals surface area contributed by atoms with Crippen molar-refractivity contribution in [2.24, 2.45) is 7.05 Å². The fraction of sp³-hybridized carbons (Fsp3) is 0.308. The molecule has 0 aliphatic heterocycles. The number of carboxylic acid groups (broad SMARTS) is 1. The van der Waals surface area contributed by atoms with Crippen LogP contribution in [0.1, 0.15) is 27.3 Å². The van der Waals surface area contributed by atoms with Crippen LogP contribution < -0.4 is 5.32 Å². The number of hydrogen-bond donors (Lipinski definition) is 2. The first-order chi connectivity index (χ1) is 8.97. The van der Waals surface area contributed by atoms with E-state index in [9.17, 15) is 9.90 Å². The Hall–Kier alpha value is -2.37. The molecule has 6 heteroatoms. The van der Waals surface area contributed by atoms with Gasteiger partial charge in [0, 0.05) is 18.9 Å². The van der Waals surface area contributed by atoms with Crippen LogP contribution in [0.5, 0.6) is 0 Å². The number of nitrogens with zero attached hydrogens (tertiary/aromatic N) is 3. The van der Waals surface area contributed by atoms with Gasteiger partial charge in [-0.1, -0.05) is 0 Å². The smallest absolute Gasteiger partial charge is 0.339 e. The van der Waals surface area contributed by atoms with E-state index in [1.165, 1.54) is 0 Å². The number of anilines is 1. The molecule has 0 bridgehead atoms. The number of nitrogens with one attached hydrogen (secondary N) is 1. The molecule has 0 spiro atoms. The van der Waals surface area contributed by atoms with Crippen molar-refractivity contribution < 1.29 is 9.90 Å². The number of carboxylic acids is 1. The molecule has 0 saturated heterocycles. The minimum absolute atomic E-state index is 0.210. The third-order valence-electron chi connectivity index (χ3n) is 2.76. The van der Waals surface area contributed by atoms with Gasteiger partial charge in [-0.2, -0.15) is 5.10 Å². The van der Waals surface area contributed by atoms with Gasteiger partial charge in [0.15, 0.2) is 0 Å². The number of rotatable bonds is 4.